The third-order valence-electron chi connectivity index (χ3n) is 11.0. The van der Waals surface area contributed by atoms with Crippen LogP contribution in [0.5, 0.6) is 0 Å². The Morgan fingerprint density at radius 2 is 1.34 bits per heavy atom. The van der Waals surface area contributed by atoms with Crippen LogP contribution in [0.1, 0.15) is 69.1 Å². The molecule has 4 aromatic heterocycles. The SMILES string of the molecule is O=C1C(=Cc2cc3sc4c(c5cccc6ccc7c8ccccc8n4c7c65)c3s2)C(=O)N(C2CCCCC2)C(=O)N1C1CCCCC1. The number of rotatable bonds is 3. The molecule has 47 heavy (non-hydrogen) atoms. The third kappa shape index (κ3) is 3.91. The molecule has 6 nitrogen and oxygen atoms in total. The van der Waals surface area contributed by atoms with Gasteiger partial charge in [-0.05, 0) is 54.7 Å². The number of amides is 4. The lowest BCUT2D eigenvalue weighted by Crippen LogP contribution is -2.62. The minimum Gasteiger partial charge on any atom is -0.299 e. The summed E-state index contributed by atoms with van der Waals surface area (Å²) in [5.74, 6) is -0.838. The number of pyridine rings is 1. The first-order valence-corrected chi connectivity index (χ1v) is 18.7. The van der Waals surface area contributed by atoms with Crippen molar-refractivity contribution in [1.82, 2.24) is 14.2 Å². The van der Waals surface area contributed by atoms with Crippen LogP contribution in [-0.2, 0) is 9.59 Å². The van der Waals surface area contributed by atoms with Crippen molar-refractivity contribution in [2.24, 2.45) is 0 Å². The molecule has 0 radical (unpaired) electrons. The first kappa shape index (κ1) is 27.8. The number of hydrogen-bond donors (Lipinski definition) is 0. The van der Waals surface area contributed by atoms with Crippen molar-refractivity contribution in [1.29, 1.82) is 0 Å². The van der Waals surface area contributed by atoms with E-state index in [1.54, 1.807) is 28.7 Å². The maximum Gasteiger partial charge on any atom is 0.334 e. The number of hydrogen-bond acceptors (Lipinski definition) is 5. The highest BCUT2D eigenvalue weighted by Gasteiger charge is 2.47. The van der Waals surface area contributed by atoms with E-state index < -0.39 is 17.8 Å². The number of para-hydroxylation sites is 1. The Kier molecular flexibility index (Phi) is 6.13. The van der Waals surface area contributed by atoms with Crippen LogP contribution >= 0.6 is 22.7 Å². The van der Waals surface area contributed by atoms with Crippen LogP contribution in [0, 0.1) is 0 Å². The summed E-state index contributed by atoms with van der Waals surface area (Å²) in [4.78, 5) is 47.2. The Labute approximate surface area is 279 Å². The van der Waals surface area contributed by atoms with Gasteiger partial charge < -0.3 is 0 Å². The van der Waals surface area contributed by atoms with Crippen LogP contribution in [0.4, 0.5) is 4.79 Å². The van der Waals surface area contributed by atoms with Gasteiger partial charge >= 0.3 is 6.03 Å². The highest BCUT2D eigenvalue weighted by atomic mass is 32.1. The van der Waals surface area contributed by atoms with Gasteiger partial charge in [-0.1, -0.05) is 87.1 Å². The highest BCUT2D eigenvalue weighted by molar-refractivity contribution is 7.33. The van der Waals surface area contributed by atoms with Crippen molar-refractivity contribution in [3.63, 3.8) is 0 Å². The zero-order valence-corrected chi connectivity index (χ0v) is 27.6. The second-order valence-corrected chi connectivity index (χ2v) is 15.7. The Morgan fingerprint density at radius 3 is 2.06 bits per heavy atom. The molecule has 0 spiro atoms. The molecule has 0 bridgehead atoms. The summed E-state index contributed by atoms with van der Waals surface area (Å²) in [7, 11) is 0. The lowest BCUT2D eigenvalue weighted by molar-refractivity contribution is -0.139. The molecule has 4 amide bonds. The number of urea groups is 1. The summed E-state index contributed by atoms with van der Waals surface area (Å²) in [6, 6.07) is 21.1. The second kappa shape index (κ2) is 10.4. The fourth-order valence-electron chi connectivity index (χ4n) is 8.84. The number of nitrogens with zero attached hydrogens (tertiary/aromatic N) is 3. The summed E-state index contributed by atoms with van der Waals surface area (Å²) < 4.78 is 4.75. The standard InChI is InChI=1S/C39H33N3O3S2/c43-36-29(37(44)41(24-13-5-2-6-14-24)39(45)40(36)23-11-3-1-4-12-23)20-25-21-31-35(46-25)33-28-16-9-10-22-18-19-27-26-15-7-8-17-30(26)42(38(33)47-31)34(27)32(22)28/h7-10,15-21,23-24H,1-6,11-14H2. The molecule has 234 valence electrons. The first-order valence-electron chi connectivity index (χ1n) is 17.0. The van der Waals surface area contributed by atoms with E-state index in [-0.39, 0.29) is 17.7 Å². The number of imide groups is 2. The maximum atomic E-state index is 14.1. The van der Waals surface area contributed by atoms with E-state index in [4.69, 9.17) is 0 Å². The number of aromatic nitrogens is 1. The van der Waals surface area contributed by atoms with Crippen molar-refractivity contribution in [2.45, 2.75) is 76.3 Å². The summed E-state index contributed by atoms with van der Waals surface area (Å²) in [5, 5.41) is 7.45. The van der Waals surface area contributed by atoms with Crippen molar-refractivity contribution in [3.8, 4) is 0 Å². The van der Waals surface area contributed by atoms with Gasteiger partial charge in [-0.2, -0.15) is 0 Å². The molecule has 1 aliphatic heterocycles. The molecule has 0 unspecified atom stereocenters. The largest absolute Gasteiger partial charge is 0.334 e. The third-order valence-corrected chi connectivity index (χ3v) is 13.3. The fourth-order valence-corrected chi connectivity index (χ4v) is 11.5. The van der Waals surface area contributed by atoms with Crippen molar-refractivity contribution in [3.05, 3.63) is 71.1 Å². The Balaban J connectivity index is 1.17. The van der Waals surface area contributed by atoms with Gasteiger partial charge in [0.1, 0.15) is 10.4 Å². The quantitative estimate of drug-likeness (QED) is 0.141. The summed E-state index contributed by atoms with van der Waals surface area (Å²) in [6.07, 6.45) is 11.3. The van der Waals surface area contributed by atoms with Gasteiger partial charge in [-0.15, -0.1) is 22.7 Å². The van der Waals surface area contributed by atoms with Crippen LogP contribution in [0.3, 0.4) is 0 Å². The van der Waals surface area contributed by atoms with Crippen molar-refractivity contribution < 1.29 is 14.4 Å². The minimum absolute atomic E-state index is 0.133. The molecule has 2 saturated carbocycles. The normalized spacial score (nSPS) is 19.3. The van der Waals surface area contributed by atoms with Gasteiger partial charge in [0.2, 0.25) is 0 Å². The van der Waals surface area contributed by atoms with E-state index in [1.807, 2.05) is 0 Å². The van der Waals surface area contributed by atoms with Crippen LogP contribution < -0.4 is 0 Å². The molecule has 2 aliphatic carbocycles. The van der Waals surface area contributed by atoms with Crippen LogP contribution in [-0.4, -0.2) is 44.1 Å². The zero-order valence-electron chi connectivity index (χ0n) is 26.0. The van der Waals surface area contributed by atoms with Gasteiger partial charge in [0.25, 0.3) is 11.8 Å². The molecule has 0 N–H and O–H groups in total. The average Bonchev–Trinajstić information content (AvgIpc) is 3.76. The van der Waals surface area contributed by atoms with Crippen LogP contribution in [0.25, 0.3) is 63.7 Å². The molecule has 1 saturated heterocycles. The van der Waals surface area contributed by atoms with Gasteiger partial charge in [-0.25, -0.2) is 4.79 Å². The molecule has 10 rings (SSSR count). The first-order chi connectivity index (χ1) is 23.1. The molecule has 0 atom stereocenters. The zero-order chi connectivity index (χ0) is 31.4. The predicted octanol–water partition coefficient (Wildman–Crippen LogP) is 10.1. The second-order valence-electron chi connectivity index (χ2n) is 13.6. The van der Waals surface area contributed by atoms with Gasteiger partial charge in [-0.3, -0.25) is 23.8 Å². The smallest absolute Gasteiger partial charge is 0.299 e. The maximum absolute atomic E-state index is 14.1. The molecule has 3 aliphatic rings. The van der Waals surface area contributed by atoms with E-state index in [0.717, 1.165) is 73.8 Å². The monoisotopic (exact) mass is 655 g/mol. The molecule has 3 aromatic carbocycles. The summed E-state index contributed by atoms with van der Waals surface area (Å²) in [5.41, 5.74) is 2.60. The lowest BCUT2D eigenvalue weighted by Gasteiger charge is -2.43. The van der Waals surface area contributed by atoms with Gasteiger partial charge in [0, 0.05) is 43.2 Å². The number of fused-ring (bicyclic) bond motifs is 8. The number of barbiturate groups is 1. The molecule has 5 heterocycles. The van der Waals surface area contributed by atoms with Crippen molar-refractivity contribution >= 4 is 104 Å². The van der Waals surface area contributed by atoms with Crippen molar-refractivity contribution in [2.75, 3.05) is 0 Å². The predicted molar refractivity (Wildman–Crippen MR) is 193 cm³/mol. The number of benzene rings is 3. The number of thiophene rings is 2. The van der Waals surface area contributed by atoms with E-state index in [2.05, 4.69) is 65.1 Å². The summed E-state index contributed by atoms with van der Waals surface area (Å²) >= 11 is 3.41. The Hall–Kier alpha value is -4.27. The number of carbonyl (C=O) groups is 3. The Bertz CT molecular complexity index is 2430. The van der Waals surface area contributed by atoms with E-state index in [1.165, 1.54) is 62.7 Å². The topological polar surface area (TPSA) is 62.1 Å². The highest BCUT2D eigenvalue weighted by Crippen LogP contribution is 2.48. The van der Waals surface area contributed by atoms with Gasteiger partial charge in [0.05, 0.1) is 15.7 Å². The van der Waals surface area contributed by atoms with Crippen LogP contribution in [0.2, 0.25) is 0 Å². The molecular formula is C39H33N3O3S2. The molecule has 8 heteroatoms. The van der Waals surface area contributed by atoms with Crippen LogP contribution in [0.15, 0.2) is 66.2 Å². The fraction of sp³-hybridized carbons (Fsp3) is 0.308. The van der Waals surface area contributed by atoms with E-state index >= 15 is 0 Å². The lowest BCUT2D eigenvalue weighted by atomic mass is 9.91. The van der Waals surface area contributed by atoms with Gasteiger partial charge in [0.15, 0.2) is 0 Å². The summed E-state index contributed by atoms with van der Waals surface area (Å²) in [6.45, 7) is 0. The molecular weight excluding hydrogens is 623 g/mol. The minimum atomic E-state index is -0.419. The van der Waals surface area contributed by atoms with E-state index in [0.29, 0.717) is 0 Å². The average molecular weight is 656 g/mol. The Morgan fingerprint density at radius 1 is 0.660 bits per heavy atom. The number of carbonyl (C=O) groups excluding carboxylic acids is 3. The molecule has 3 fully saturated rings. The van der Waals surface area contributed by atoms with E-state index in [9.17, 15) is 14.4 Å². The molecule has 7 aromatic rings.